The predicted octanol–water partition coefficient (Wildman–Crippen LogP) is 2.56. The molecule has 0 saturated carbocycles. The van der Waals surface area contributed by atoms with E-state index in [0.29, 0.717) is 22.6 Å². The average Bonchev–Trinajstić information content (AvgIpc) is 2.92. The van der Waals surface area contributed by atoms with Crippen molar-refractivity contribution in [3.63, 3.8) is 0 Å². The van der Waals surface area contributed by atoms with Gasteiger partial charge in [0.25, 0.3) is 0 Å². The molecule has 0 spiro atoms. The van der Waals surface area contributed by atoms with E-state index in [1.807, 2.05) is 12.1 Å². The Labute approximate surface area is 115 Å². The molecule has 0 aliphatic heterocycles. The first kappa shape index (κ1) is 11.3. The van der Waals surface area contributed by atoms with Crippen molar-refractivity contribution in [3.8, 4) is 0 Å². The molecular weight excluding hydrogens is 252 g/mol. The van der Waals surface area contributed by atoms with Gasteiger partial charge in [-0.05, 0) is 40.0 Å². The van der Waals surface area contributed by atoms with E-state index in [1.165, 1.54) is 11.1 Å². The second-order valence-corrected chi connectivity index (χ2v) is 5.14. The highest BCUT2D eigenvalue weighted by atomic mass is 16.6. The van der Waals surface area contributed by atoms with E-state index in [2.05, 4.69) is 39.9 Å². The van der Waals surface area contributed by atoms with Crippen LogP contribution in [0.5, 0.6) is 0 Å². The van der Waals surface area contributed by atoms with E-state index >= 15 is 0 Å². The van der Waals surface area contributed by atoms with E-state index in [0.717, 1.165) is 18.7 Å². The highest BCUT2D eigenvalue weighted by Crippen LogP contribution is 2.35. The Bertz CT molecular complexity index is 780. The van der Waals surface area contributed by atoms with E-state index < -0.39 is 0 Å². The summed E-state index contributed by atoms with van der Waals surface area (Å²) in [6, 6.07) is 12.3. The lowest BCUT2D eigenvalue weighted by Gasteiger charge is -2.30. The van der Waals surface area contributed by atoms with Crippen LogP contribution in [0, 0.1) is 0 Å². The van der Waals surface area contributed by atoms with Gasteiger partial charge >= 0.3 is 0 Å². The van der Waals surface area contributed by atoms with Gasteiger partial charge in [-0.2, -0.15) is 0 Å². The number of hydrogen-bond acceptors (Lipinski definition) is 5. The van der Waals surface area contributed by atoms with E-state index in [4.69, 9.17) is 10.4 Å². The molecule has 1 heterocycles. The summed E-state index contributed by atoms with van der Waals surface area (Å²) >= 11 is 0. The molecule has 100 valence electrons. The lowest BCUT2D eigenvalue weighted by atomic mass is 9.77. The first-order valence-electron chi connectivity index (χ1n) is 6.65. The van der Waals surface area contributed by atoms with Crippen molar-refractivity contribution in [1.82, 2.24) is 10.3 Å². The maximum atomic E-state index is 5.84. The van der Waals surface area contributed by atoms with Gasteiger partial charge in [0.05, 0.1) is 11.4 Å². The molecule has 0 fully saturated rings. The van der Waals surface area contributed by atoms with Gasteiger partial charge in [-0.3, -0.25) is 0 Å². The van der Waals surface area contributed by atoms with Gasteiger partial charge in [0.2, 0.25) is 0 Å². The molecule has 0 bridgehead atoms. The summed E-state index contributed by atoms with van der Waals surface area (Å²) in [7, 11) is 0. The molecule has 1 aliphatic carbocycles. The molecule has 1 unspecified atom stereocenters. The van der Waals surface area contributed by atoms with Gasteiger partial charge in [0.15, 0.2) is 11.0 Å². The van der Waals surface area contributed by atoms with Gasteiger partial charge in [0, 0.05) is 12.5 Å². The van der Waals surface area contributed by atoms with E-state index in [9.17, 15) is 0 Å². The third-order valence-electron chi connectivity index (χ3n) is 3.95. The molecule has 2 aromatic carbocycles. The van der Waals surface area contributed by atoms with Crippen molar-refractivity contribution in [1.29, 1.82) is 0 Å². The average molecular weight is 266 g/mol. The summed E-state index contributed by atoms with van der Waals surface area (Å²) in [6.45, 7) is 0.878. The SMILES string of the molecule is Nc1ccc(NCC2Cc3ccccc32)c2nonc12. The van der Waals surface area contributed by atoms with Crippen LogP contribution >= 0.6 is 0 Å². The monoisotopic (exact) mass is 266 g/mol. The summed E-state index contributed by atoms with van der Waals surface area (Å²) in [5, 5.41) is 11.2. The van der Waals surface area contributed by atoms with Gasteiger partial charge in [-0.1, -0.05) is 24.3 Å². The van der Waals surface area contributed by atoms with Crippen LogP contribution in [0.15, 0.2) is 41.0 Å². The van der Waals surface area contributed by atoms with E-state index in [1.54, 1.807) is 0 Å². The molecule has 1 atom stereocenters. The molecule has 3 aromatic rings. The fourth-order valence-electron chi connectivity index (χ4n) is 2.81. The minimum atomic E-state index is 0.554. The number of aromatic nitrogens is 2. The molecule has 4 rings (SSSR count). The number of benzene rings is 2. The quantitative estimate of drug-likeness (QED) is 0.712. The summed E-state index contributed by atoms with van der Waals surface area (Å²) in [4.78, 5) is 0. The largest absolute Gasteiger partial charge is 0.397 e. The predicted molar refractivity (Wildman–Crippen MR) is 77.6 cm³/mol. The zero-order valence-electron chi connectivity index (χ0n) is 10.8. The molecule has 1 aliphatic rings. The molecule has 5 heteroatoms. The maximum Gasteiger partial charge on any atom is 0.160 e. The second kappa shape index (κ2) is 4.23. The van der Waals surface area contributed by atoms with Crippen LogP contribution in [0.1, 0.15) is 17.0 Å². The Hall–Kier alpha value is -2.56. The number of nitrogen functional groups attached to an aromatic ring is 1. The van der Waals surface area contributed by atoms with Crippen LogP contribution in [0.3, 0.4) is 0 Å². The zero-order valence-corrected chi connectivity index (χ0v) is 10.8. The first-order chi connectivity index (χ1) is 9.83. The second-order valence-electron chi connectivity index (χ2n) is 5.14. The zero-order chi connectivity index (χ0) is 13.5. The van der Waals surface area contributed by atoms with Crippen LogP contribution < -0.4 is 11.1 Å². The Kier molecular flexibility index (Phi) is 2.39. The van der Waals surface area contributed by atoms with Crippen molar-refractivity contribution in [3.05, 3.63) is 47.5 Å². The Morgan fingerprint density at radius 2 is 2.00 bits per heavy atom. The van der Waals surface area contributed by atoms with Crippen LogP contribution in [-0.2, 0) is 6.42 Å². The van der Waals surface area contributed by atoms with E-state index in [-0.39, 0.29) is 0 Å². The van der Waals surface area contributed by atoms with Crippen molar-refractivity contribution >= 4 is 22.4 Å². The fraction of sp³-hybridized carbons (Fsp3) is 0.200. The van der Waals surface area contributed by atoms with Crippen LogP contribution in [0.4, 0.5) is 11.4 Å². The lowest BCUT2D eigenvalue weighted by Crippen LogP contribution is -2.24. The van der Waals surface area contributed by atoms with Gasteiger partial charge < -0.3 is 11.1 Å². The smallest absolute Gasteiger partial charge is 0.160 e. The normalized spacial score (nSPS) is 16.7. The first-order valence-corrected chi connectivity index (χ1v) is 6.65. The molecule has 0 saturated heterocycles. The molecule has 1 aromatic heterocycles. The Morgan fingerprint density at radius 1 is 1.15 bits per heavy atom. The van der Waals surface area contributed by atoms with Crippen molar-refractivity contribution in [2.75, 3.05) is 17.6 Å². The highest BCUT2D eigenvalue weighted by molar-refractivity contribution is 5.94. The summed E-state index contributed by atoms with van der Waals surface area (Å²) in [5.74, 6) is 0.554. The molecule has 3 N–H and O–H groups in total. The Morgan fingerprint density at radius 3 is 2.90 bits per heavy atom. The van der Waals surface area contributed by atoms with Crippen LogP contribution in [0.2, 0.25) is 0 Å². The van der Waals surface area contributed by atoms with Gasteiger partial charge in [0.1, 0.15) is 0 Å². The minimum absolute atomic E-state index is 0.554. The van der Waals surface area contributed by atoms with Crippen molar-refractivity contribution < 1.29 is 4.63 Å². The van der Waals surface area contributed by atoms with Crippen molar-refractivity contribution in [2.24, 2.45) is 0 Å². The number of fused-ring (bicyclic) bond motifs is 2. The molecular formula is C15H14N4O. The van der Waals surface area contributed by atoms with Gasteiger partial charge in [-0.25, -0.2) is 4.63 Å². The number of nitrogens with one attached hydrogen (secondary N) is 1. The number of nitrogens with zero attached hydrogens (tertiary/aromatic N) is 2. The third kappa shape index (κ3) is 1.63. The van der Waals surface area contributed by atoms with Gasteiger partial charge in [-0.15, -0.1) is 0 Å². The minimum Gasteiger partial charge on any atom is -0.397 e. The van der Waals surface area contributed by atoms with Crippen LogP contribution in [0.25, 0.3) is 11.0 Å². The summed E-state index contributed by atoms with van der Waals surface area (Å²) in [5.41, 5.74) is 11.5. The van der Waals surface area contributed by atoms with Crippen molar-refractivity contribution in [2.45, 2.75) is 12.3 Å². The molecule has 5 nitrogen and oxygen atoms in total. The maximum absolute atomic E-state index is 5.84. The molecule has 0 radical (unpaired) electrons. The molecule has 20 heavy (non-hydrogen) atoms. The number of hydrogen-bond donors (Lipinski definition) is 2. The standard InChI is InChI=1S/C15H14N4O/c16-12-5-6-13(15-14(12)18-20-19-15)17-8-10-7-9-3-1-2-4-11(9)10/h1-6,10,17H,7-8,16H2. The topological polar surface area (TPSA) is 77.0 Å². The third-order valence-corrected chi connectivity index (χ3v) is 3.95. The summed E-state index contributed by atoms with van der Waals surface area (Å²) in [6.07, 6.45) is 1.12. The Balaban J connectivity index is 1.55. The lowest BCUT2D eigenvalue weighted by molar-refractivity contribution is 0.315. The number of nitrogens with two attached hydrogens (primary N) is 1. The highest BCUT2D eigenvalue weighted by Gasteiger charge is 2.25. The molecule has 0 amide bonds. The summed E-state index contributed by atoms with van der Waals surface area (Å²) < 4.78 is 4.77. The number of rotatable bonds is 3. The number of anilines is 2. The fourth-order valence-corrected chi connectivity index (χ4v) is 2.81. The van der Waals surface area contributed by atoms with Crippen LogP contribution in [-0.4, -0.2) is 16.9 Å².